The molecule has 6 nitrogen and oxygen atoms in total. The lowest BCUT2D eigenvalue weighted by Crippen LogP contribution is -2.44. The molecule has 0 bridgehead atoms. The second-order valence-electron chi connectivity index (χ2n) is 4.55. The highest BCUT2D eigenvalue weighted by molar-refractivity contribution is 5.85. The van der Waals surface area contributed by atoms with Crippen molar-refractivity contribution in [3.8, 4) is 0 Å². The smallest absolute Gasteiger partial charge is 0.231 e. The lowest BCUT2D eigenvalue weighted by Gasteiger charge is -2.30. The van der Waals surface area contributed by atoms with Gasteiger partial charge in [-0.15, -0.1) is 12.4 Å². The predicted molar refractivity (Wildman–Crippen MR) is 70.1 cm³/mol. The van der Waals surface area contributed by atoms with E-state index >= 15 is 0 Å². The average Bonchev–Trinajstić information content (AvgIpc) is 2.79. The molecule has 104 valence electrons. The zero-order chi connectivity index (χ0) is 12.3. The molecule has 0 amide bonds. The van der Waals surface area contributed by atoms with Crippen LogP contribution < -0.4 is 5.32 Å². The first-order valence-electron chi connectivity index (χ1n) is 5.95. The Morgan fingerprint density at radius 3 is 3.06 bits per heavy atom. The fourth-order valence-electron chi connectivity index (χ4n) is 2.00. The number of hydrogen-bond donors (Lipinski definition) is 1. The van der Waals surface area contributed by atoms with Gasteiger partial charge in [0.2, 0.25) is 5.89 Å². The Kier molecular flexibility index (Phi) is 6.01. The first kappa shape index (κ1) is 15.4. The Labute approximate surface area is 113 Å². The van der Waals surface area contributed by atoms with Crippen LogP contribution in [0.4, 0.5) is 0 Å². The van der Waals surface area contributed by atoms with Crippen LogP contribution in [0.5, 0.6) is 0 Å². The minimum Gasteiger partial charge on any atom is -0.384 e. The van der Waals surface area contributed by atoms with E-state index in [-0.39, 0.29) is 24.4 Å². The molecule has 0 radical (unpaired) electrons. The van der Waals surface area contributed by atoms with Crippen molar-refractivity contribution >= 4 is 12.4 Å². The Hall–Kier alpha value is -0.690. The predicted octanol–water partition coefficient (Wildman–Crippen LogP) is 0.817. The van der Waals surface area contributed by atoms with Gasteiger partial charge in [-0.25, -0.2) is 0 Å². The van der Waals surface area contributed by atoms with Gasteiger partial charge in [-0.05, 0) is 7.05 Å². The van der Waals surface area contributed by atoms with Crippen LogP contribution in [0.1, 0.15) is 30.6 Å². The lowest BCUT2D eigenvalue weighted by molar-refractivity contribution is 0.169. The van der Waals surface area contributed by atoms with Gasteiger partial charge in [-0.3, -0.25) is 4.90 Å². The summed E-state index contributed by atoms with van der Waals surface area (Å²) in [5.41, 5.74) is 0. The lowest BCUT2D eigenvalue weighted by atomic mass is 10.2. The van der Waals surface area contributed by atoms with E-state index in [4.69, 9.17) is 9.26 Å². The Bertz CT molecular complexity index is 361. The van der Waals surface area contributed by atoms with Gasteiger partial charge < -0.3 is 14.6 Å². The van der Waals surface area contributed by atoms with Crippen molar-refractivity contribution in [3.63, 3.8) is 0 Å². The maximum Gasteiger partial charge on any atom is 0.231 e. The van der Waals surface area contributed by atoms with Gasteiger partial charge in [0.25, 0.3) is 0 Å². The number of nitrogens with zero attached hydrogens (tertiary/aromatic N) is 3. The summed E-state index contributed by atoms with van der Waals surface area (Å²) >= 11 is 0. The summed E-state index contributed by atoms with van der Waals surface area (Å²) in [5.74, 6) is 1.56. The largest absolute Gasteiger partial charge is 0.384 e. The third kappa shape index (κ3) is 3.41. The maximum atomic E-state index is 5.28. The zero-order valence-electron chi connectivity index (χ0n) is 11.0. The second kappa shape index (κ2) is 7.04. The molecule has 0 aliphatic carbocycles. The third-order valence-electron chi connectivity index (χ3n) is 3.10. The Balaban J connectivity index is 0.00000162. The van der Waals surface area contributed by atoms with Gasteiger partial charge >= 0.3 is 0 Å². The number of nitrogens with one attached hydrogen (secondary N) is 1. The molecule has 2 atom stereocenters. The normalized spacial score (nSPS) is 22.5. The second-order valence-corrected chi connectivity index (χ2v) is 4.55. The number of methoxy groups -OCH3 is 1. The summed E-state index contributed by atoms with van der Waals surface area (Å²) in [4.78, 5) is 6.71. The summed E-state index contributed by atoms with van der Waals surface area (Å²) in [6.45, 7) is 5.50. The number of ether oxygens (including phenoxy) is 1. The quantitative estimate of drug-likeness (QED) is 0.878. The molecule has 18 heavy (non-hydrogen) atoms. The summed E-state index contributed by atoms with van der Waals surface area (Å²) in [6, 6.07) is 0.205. The number of likely N-dealkylation sites (N-methyl/N-ethyl adjacent to an activating group) is 1. The van der Waals surface area contributed by atoms with Crippen LogP contribution in [0.2, 0.25) is 0 Å². The Morgan fingerprint density at radius 1 is 1.61 bits per heavy atom. The van der Waals surface area contributed by atoms with Crippen LogP contribution in [0.25, 0.3) is 0 Å². The molecule has 7 heteroatoms. The van der Waals surface area contributed by atoms with Crippen molar-refractivity contribution in [1.82, 2.24) is 20.4 Å². The number of piperazine rings is 1. The van der Waals surface area contributed by atoms with Gasteiger partial charge in [-0.2, -0.15) is 4.98 Å². The monoisotopic (exact) mass is 276 g/mol. The molecule has 2 rings (SSSR count). The van der Waals surface area contributed by atoms with Crippen molar-refractivity contribution in [1.29, 1.82) is 0 Å². The van der Waals surface area contributed by atoms with Crippen LogP contribution in [0.3, 0.4) is 0 Å². The highest BCUT2D eigenvalue weighted by atomic mass is 35.5. The van der Waals surface area contributed by atoms with Crippen molar-refractivity contribution in [2.45, 2.75) is 18.9 Å². The number of halogens is 1. The molecule has 1 saturated heterocycles. The van der Waals surface area contributed by atoms with Crippen LogP contribution in [-0.2, 0) is 4.74 Å². The van der Waals surface area contributed by atoms with E-state index in [2.05, 4.69) is 27.4 Å². The van der Waals surface area contributed by atoms with E-state index in [1.807, 2.05) is 6.92 Å². The van der Waals surface area contributed by atoms with Crippen LogP contribution >= 0.6 is 12.4 Å². The molecule has 2 unspecified atom stereocenters. The molecular formula is C11H21ClN4O2. The third-order valence-corrected chi connectivity index (χ3v) is 3.10. The summed E-state index contributed by atoms with van der Waals surface area (Å²) in [7, 11) is 3.76. The summed E-state index contributed by atoms with van der Waals surface area (Å²) < 4.78 is 10.4. The fourth-order valence-corrected chi connectivity index (χ4v) is 2.00. The highest BCUT2D eigenvalue weighted by Crippen LogP contribution is 2.20. The molecule has 1 aromatic rings. The van der Waals surface area contributed by atoms with Crippen molar-refractivity contribution in [2.75, 3.05) is 40.4 Å². The SMILES string of the molecule is COCC(C)c1nc(C2CNCCN2C)no1.Cl. The van der Waals surface area contributed by atoms with Gasteiger partial charge in [0, 0.05) is 26.7 Å². The number of aromatic nitrogens is 2. The van der Waals surface area contributed by atoms with Crippen LogP contribution in [0, 0.1) is 0 Å². The topological polar surface area (TPSA) is 63.4 Å². The highest BCUT2D eigenvalue weighted by Gasteiger charge is 2.26. The first-order chi connectivity index (χ1) is 8.22. The van der Waals surface area contributed by atoms with Gasteiger partial charge in [0.1, 0.15) is 0 Å². The molecule has 0 spiro atoms. The molecule has 1 fully saturated rings. The molecule has 1 aliphatic heterocycles. The minimum absolute atomic E-state index is 0. The van der Waals surface area contributed by atoms with E-state index < -0.39 is 0 Å². The average molecular weight is 277 g/mol. The van der Waals surface area contributed by atoms with Crippen LogP contribution in [-0.4, -0.2) is 55.4 Å². The Morgan fingerprint density at radius 2 is 2.39 bits per heavy atom. The molecule has 0 saturated carbocycles. The van der Waals surface area contributed by atoms with E-state index in [0.29, 0.717) is 12.5 Å². The molecule has 1 aliphatic rings. The number of hydrogen-bond acceptors (Lipinski definition) is 6. The fraction of sp³-hybridized carbons (Fsp3) is 0.818. The van der Waals surface area contributed by atoms with E-state index in [1.54, 1.807) is 7.11 Å². The number of rotatable bonds is 4. The van der Waals surface area contributed by atoms with Crippen molar-refractivity contribution in [2.24, 2.45) is 0 Å². The molecule has 1 N–H and O–H groups in total. The van der Waals surface area contributed by atoms with Gasteiger partial charge in [0.05, 0.1) is 18.6 Å². The van der Waals surface area contributed by atoms with E-state index in [0.717, 1.165) is 25.5 Å². The zero-order valence-corrected chi connectivity index (χ0v) is 11.9. The molecule has 2 heterocycles. The molecule has 0 aromatic carbocycles. The van der Waals surface area contributed by atoms with Crippen LogP contribution in [0.15, 0.2) is 4.52 Å². The summed E-state index contributed by atoms with van der Waals surface area (Å²) in [6.07, 6.45) is 0. The molecular weight excluding hydrogens is 256 g/mol. The van der Waals surface area contributed by atoms with Gasteiger partial charge in [-0.1, -0.05) is 12.1 Å². The standard InChI is InChI=1S/C11H20N4O2.ClH/c1-8(7-16-3)11-13-10(14-17-11)9-6-12-4-5-15(9)2;/h8-9,12H,4-7H2,1-3H3;1H. The first-order valence-corrected chi connectivity index (χ1v) is 5.95. The summed E-state index contributed by atoms with van der Waals surface area (Å²) in [5, 5.41) is 7.41. The van der Waals surface area contributed by atoms with Gasteiger partial charge in [0.15, 0.2) is 5.82 Å². The van der Waals surface area contributed by atoms with Crippen molar-refractivity contribution < 1.29 is 9.26 Å². The van der Waals surface area contributed by atoms with E-state index in [9.17, 15) is 0 Å². The molecule has 1 aromatic heterocycles. The van der Waals surface area contributed by atoms with E-state index in [1.165, 1.54) is 0 Å². The minimum atomic E-state index is 0. The van der Waals surface area contributed by atoms with Crippen molar-refractivity contribution in [3.05, 3.63) is 11.7 Å². The maximum absolute atomic E-state index is 5.28.